The third kappa shape index (κ3) is 5.03. The molecule has 22 heavy (non-hydrogen) atoms. The molecule has 2 nitrogen and oxygen atoms in total. The van der Waals surface area contributed by atoms with Gasteiger partial charge < -0.3 is 4.90 Å². The van der Waals surface area contributed by atoms with Crippen molar-refractivity contribution in [3.8, 4) is 0 Å². The van der Waals surface area contributed by atoms with Crippen LogP contribution in [0.4, 0.5) is 5.69 Å². The first-order chi connectivity index (χ1) is 10.5. The van der Waals surface area contributed by atoms with Crippen LogP contribution in [0.25, 0.3) is 12.2 Å². The van der Waals surface area contributed by atoms with E-state index in [-0.39, 0.29) is 0 Å². The molecule has 0 spiro atoms. The van der Waals surface area contributed by atoms with Gasteiger partial charge in [-0.15, -0.1) is 0 Å². The van der Waals surface area contributed by atoms with Crippen molar-refractivity contribution in [3.63, 3.8) is 0 Å². The lowest BCUT2D eigenvalue weighted by atomic mass is 10.1. The van der Waals surface area contributed by atoms with E-state index in [1.165, 1.54) is 17.7 Å². The molecule has 0 aliphatic heterocycles. The number of hydrogen-bond donors (Lipinski definition) is 0. The van der Waals surface area contributed by atoms with Crippen LogP contribution in [0.15, 0.2) is 42.6 Å². The maximum Gasteiger partial charge on any atom is 0.0373 e. The zero-order chi connectivity index (χ0) is 15.9. The van der Waals surface area contributed by atoms with Crippen molar-refractivity contribution in [3.05, 3.63) is 59.4 Å². The molecule has 1 aromatic heterocycles. The Hall–Kier alpha value is -2.09. The normalized spacial score (nSPS) is 11.3. The highest BCUT2D eigenvalue weighted by molar-refractivity contribution is 5.70. The van der Waals surface area contributed by atoms with Crippen LogP contribution >= 0.6 is 0 Å². The van der Waals surface area contributed by atoms with Gasteiger partial charge in [-0.05, 0) is 48.6 Å². The lowest BCUT2D eigenvalue weighted by Gasteiger charge is -2.20. The molecule has 0 N–H and O–H groups in total. The average Bonchev–Trinajstić information content (AvgIpc) is 2.52. The number of hydrogen-bond acceptors (Lipinski definition) is 2. The first kappa shape index (κ1) is 16.3. The minimum Gasteiger partial charge on any atom is -0.375 e. The molecule has 0 saturated heterocycles. The van der Waals surface area contributed by atoms with E-state index in [1.54, 1.807) is 0 Å². The first-order valence-electron chi connectivity index (χ1n) is 7.96. The van der Waals surface area contributed by atoms with Crippen LogP contribution in [0.1, 0.15) is 37.1 Å². The van der Waals surface area contributed by atoms with Gasteiger partial charge in [0.15, 0.2) is 0 Å². The number of aromatic nitrogens is 1. The molecule has 1 heterocycles. The van der Waals surface area contributed by atoms with Gasteiger partial charge in [-0.2, -0.15) is 0 Å². The molecule has 0 saturated carbocycles. The maximum absolute atomic E-state index is 4.31. The molecule has 0 aliphatic carbocycles. The second kappa shape index (κ2) is 7.79. The van der Waals surface area contributed by atoms with Crippen LogP contribution in [-0.2, 0) is 0 Å². The maximum atomic E-state index is 4.31. The van der Waals surface area contributed by atoms with Gasteiger partial charge in [0.05, 0.1) is 0 Å². The number of aryl methyl sites for hydroxylation is 1. The highest BCUT2D eigenvalue weighted by Gasteiger charge is 2.02. The van der Waals surface area contributed by atoms with Crippen molar-refractivity contribution in [2.24, 2.45) is 5.92 Å². The summed E-state index contributed by atoms with van der Waals surface area (Å²) in [5.74, 6) is 0.743. The molecule has 2 aromatic rings. The number of rotatable bonds is 6. The Morgan fingerprint density at radius 1 is 1.00 bits per heavy atom. The summed E-state index contributed by atoms with van der Waals surface area (Å²) >= 11 is 0. The lowest BCUT2D eigenvalue weighted by Crippen LogP contribution is -2.19. The fourth-order valence-electron chi connectivity index (χ4n) is 2.19. The molecule has 0 unspecified atom stereocenters. The van der Waals surface area contributed by atoms with Gasteiger partial charge >= 0.3 is 0 Å². The van der Waals surface area contributed by atoms with E-state index in [0.717, 1.165) is 23.7 Å². The van der Waals surface area contributed by atoms with Gasteiger partial charge in [0.25, 0.3) is 0 Å². The molecule has 0 bridgehead atoms. The van der Waals surface area contributed by atoms with Gasteiger partial charge in [0.1, 0.15) is 0 Å². The number of anilines is 1. The fourth-order valence-corrected chi connectivity index (χ4v) is 2.19. The Bertz CT molecular complexity index is 595. The summed E-state index contributed by atoms with van der Waals surface area (Å²) in [5.41, 5.74) is 4.66. The third-order valence-corrected chi connectivity index (χ3v) is 3.78. The summed E-state index contributed by atoms with van der Waals surface area (Å²) in [7, 11) is 2.16. The summed E-state index contributed by atoms with van der Waals surface area (Å²) in [6.07, 6.45) is 7.35. The minimum atomic E-state index is 0.743. The van der Waals surface area contributed by atoms with Gasteiger partial charge in [-0.1, -0.05) is 44.2 Å². The van der Waals surface area contributed by atoms with Crippen molar-refractivity contribution in [2.45, 2.75) is 27.2 Å². The van der Waals surface area contributed by atoms with Crippen molar-refractivity contribution < 1.29 is 0 Å². The van der Waals surface area contributed by atoms with Crippen LogP contribution in [0.3, 0.4) is 0 Å². The first-order valence-corrected chi connectivity index (χ1v) is 7.96. The van der Waals surface area contributed by atoms with E-state index in [2.05, 4.69) is 73.3 Å². The standard InChI is InChI=1S/C20H26N2/c1-16(2)13-14-22(4)20-11-9-18(10-12-20)7-8-19-6-5-17(3)21-15-19/h5-12,15-16H,13-14H2,1-4H3. The van der Waals surface area contributed by atoms with Crippen LogP contribution in [0, 0.1) is 12.8 Å². The molecule has 0 atom stereocenters. The SMILES string of the molecule is Cc1ccc(C=Cc2ccc(N(C)CCC(C)C)cc2)cn1. The summed E-state index contributed by atoms with van der Waals surface area (Å²) < 4.78 is 0. The molecule has 0 radical (unpaired) electrons. The zero-order valence-corrected chi connectivity index (χ0v) is 14.1. The lowest BCUT2D eigenvalue weighted by molar-refractivity contribution is 0.585. The second-order valence-electron chi connectivity index (χ2n) is 6.26. The van der Waals surface area contributed by atoms with E-state index in [1.807, 2.05) is 19.2 Å². The predicted octanol–water partition coefficient (Wildman–Crippen LogP) is 5.04. The third-order valence-electron chi connectivity index (χ3n) is 3.78. The number of benzene rings is 1. The molecular weight excluding hydrogens is 268 g/mol. The second-order valence-corrected chi connectivity index (χ2v) is 6.26. The summed E-state index contributed by atoms with van der Waals surface area (Å²) in [6, 6.07) is 12.8. The van der Waals surface area contributed by atoms with Crippen molar-refractivity contribution in [1.29, 1.82) is 0 Å². The van der Waals surface area contributed by atoms with E-state index >= 15 is 0 Å². The zero-order valence-electron chi connectivity index (χ0n) is 14.1. The van der Waals surface area contributed by atoms with Crippen LogP contribution in [-0.4, -0.2) is 18.6 Å². The highest BCUT2D eigenvalue weighted by Crippen LogP contribution is 2.17. The van der Waals surface area contributed by atoms with E-state index in [4.69, 9.17) is 0 Å². The molecule has 1 aromatic carbocycles. The van der Waals surface area contributed by atoms with Gasteiger partial charge in [-0.3, -0.25) is 4.98 Å². The Labute approximate surface area is 134 Å². The smallest absolute Gasteiger partial charge is 0.0373 e. The average molecular weight is 294 g/mol. The Balaban J connectivity index is 1.98. The van der Waals surface area contributed by atoms with E-state index < -0.39 is 0 Å². The Morgan fingerprint density at radius 2 is 1.64 bits per heavy atom. The van der Waals surface area contributed by atoms with Crippen molar-refractivity contribution in [1.82, 2.24) is 4.98 Å². The van der Waals surface area contributed by atoms with Crippen molar-refractivity contribution in [2.75, 3.05) is 18.5 Å². The Morgan fingerprint density at radius 3 is 2.23 bits per heavy atom. The summed E-state index contributed by atoms with van der Waals surface area (Å²) in [4.78, 5) is 6.62. The van der Waals surface area contributed by atoms with Crippen molar-refractivity contribution >= 4 is 17.8 Å². The number of pyridine rings is 1. The quantitative estimate of drug-likeness (QED) is 0.741. The topological polar surface area (TPSA) is 16.1 Å². The van der Waals surface area contributed by atoms with E-state index in [0.29, 0.717) is 0 Å². The fraction of sp³-hybridized carbons (Fsp3) is 0.350. The highest BCUT2D eigenvalue weighted by atomic mass is 15.1. The summed E-state index contributed by atoms with van der Waals surface area (Å²) in [5, 5.41) is 0. The molecule has 0 aliphatic rings. The molecule has 2 rings (SSSR count). The minimum absolute atomic E-state index is 0.743. The predicted molar refractivity (Wildman–Crippen MR) is 97.1 cm³/mol. The number of nitrogens with zero attached hydrogens (tertiary/aromatic N) is 2. The van der Waals surface area contributed by atoms with Crippen LogP contribution in [0.5, 0.6) is 0 Å². The molecular formula is C20H26N2. The van der Waals surface area contributed by atoms with Gasteiger partial charge in [0, 0.05) is 31.2 Å². The Kier molecular flexibility index (Phi) is 5.76. The molecule has 0 amide bonds. The monoisotopic (exact) mass is 294 g/mol. The molecule has 0 fully saturated rings. The van der Waals surface area contributed by atoms with Crippen LogP contribution in [0.2, 0.25) is 0 Å². The van der Waals surface area contributed by atoms with Crippen LogP contribution < -0.4 is 4.90 Å². The molecule has 2 heteroatoms. The summed E-state index contributed by atoms with van der Waals surface area (Å²) in [6.45, 7) is 7.63. The van der Waals surface area contributed by atoms with E-state index in [9.17, 15) is 0 Å². The van der Waals surface area contributed by atoms with Gasteiger partial charge in [0.2, 0.25) is 0 Å². The van der Waals surface area contributed by atoms with Gasteiger partial charge in [-0.25, -0.2) is 0 Å². The molecule has 116 valence electrons. The largest absolute Gasteiger partial charge is 0.375 e.